The standard InChI is InChI=1S/C22H33ClN2O2.CH2/c1-24-11-4-12-27-15-18-7-8-20(23)19(13-18)21(26)25-16-22-9-2-5-17(14-22)6-3-10-22;/h7-8,13,17,24H,2-6,9-12,14-16H2,1H3,(H,25,26);1H2. The maximum atomic E-state index is 12.8. The lowest BCUT2D eigenvalue weighted by Crippen LogP contribution is -2.43. The Labute approximate surface area is 175 Å². The van der Waals surface area contributed by atoms with Gasteiger partial charge in [-0.2, -0.15) is 0 Å². The third-order valence-electron chi connectivity index (χ3n) is 6.24. The average Bonchev–Trinajstić information content (AvgIpc) is 2.67. The summed E-state index contributed by atoms with van der Waals surface area (Å²) in [6.07, 6.45) is 10.1. The second-order valence-electron chi connectivity index (χ2n) is 8.36. The molecule has 3 rings (SSSR count). The lowest BCUT2D eigenvalue weighted by molar-refractivity contribution is 0.0681. The van der Waals surface area contributed by atoms with Crippen LogP contribution in [0, 0.1) is 18.8 Å². The van der Waals surface area contributed by atoms with E-state index in [0.29, 0.717) is 29.2 Å². The molecular formula is C23H35ClN2O2. The first-order valence-corrected chi connectivity index (χ1v) is 10.8. The Morgan fingerprint density at radius 2 is 2.04 bits per heavy atom. The van der Waals surface area contributed by atoms with Gasteiger partial charge in [-0.05, 0) is 68.3 Å². The normalized spacial score (nSPS) is 23.7. The Morgan fingerprint density at radius 1 is 1.29 bits per heavy atom. The minimum atomic E-state index is -0.0564. The fraction of sp³-hybridized carbons (Fsp3) is 0.652. The molecule has 1 aromatic rings. The summed E-state index contributed by atoms with van der Waals surface area (Å²) in [4.78, 5) is 12.8. The van der Waals surface area contributed by atoms with Crippen molar-refractivity contribution in [2.45, 2.75) is 58.0 Å². The molecule has 0 spiro atoms. The summed E-state index contributed by atoms with van der Waals surface area (Å²) in [7, 11) is 1.93. The van der Waals surface area contributed by atoms with Crippen molar-refractivity contribution in [2.24, 2.45) is 11.3 Å². The van der Waals surface area contributed by atoms with Crippen LogP contribution in [0.15, 0.2) is 18.2 Å². The minimum absolute atomic E-state index is 0. The van der Waals surface area contributed by atoms with Crippen molar-refractivity contribution in [1.29, 1.82) is 0 Å². The van der Waals surface area contributed by atoms with Gasteiger partial charge in [-0.25, -0.2) is 0 Å². The number of amides is 1. The summed E-state index contributed by atoms with van der Waals surface area (Å²) in [6.45, 7) is 2.93. The van der Waals surface area contributed by atoms with E-state index in [2.05, 4.69) is 10.6 Å². The quantitative estimate of drug-likeness (QED) is 0.574. The molecule has 2 N–H and O–H groups in total. The first-order valence-electron chi connectivity index (χ1n) is 10.4. The lowest BCUT2D eigenvalue weighted by atomic mass is 9.62. The molecule has 1 aromatic carbocycles. The zero-order chi connectivity index (χ0) is 19.1. The Morgan fingerprint density at radius 3 is 2.75 bits per heavy atom. The molecule has 2 radical (unpaired) electrons. The van der Waals surface area contributed by atoms with E-state index in [1.807, 2.05) is 19.2 Å². The Balaban J connectivity index is 0.00000280. The van der Waals surface area contributed by atoms with E-state index in [-0.39, 0.29) is 13.3 Å². The van der Waals surface area contributed by atoms with Gasteiger partial charge >= 0.3 is 0 Å². The molecule has 1 amide bonds. The number of carbonyl (C=O) groups is 1. The monoisotopic (exact) mass is 406 g/mol. The predicted octanol–water partition coefficient (Wildman–Crippen LogP) is 4.88. The molecule has 0 heterocycles. The van der Waals surface area contributed by atoms with Crippen molar-refractivity contribution in [3.05, 3.63) is 41.8 Å². The topological polar surface area (TPSA) is 50.4 Å². The molecule has 0 saturated heterocycles. The summed E-state index contributed by atoms with van der Waals surface area (Å²) >= 11 is 6.31. The minimum Gasteiger partial charge on any atom is -0.377 e. The molecule has 2 saturated carbocycles. The highest BCUT2D eigenvalue weighted by molar-refractivity contribution is 6.33. The van der Waals surface area contributed by atoms with Gasteiger partial charge in [0.25, 0.3) is 5.91 Å². The molecule has 4 nitrogen and oxygen atoms in total. The molecule has 5 heteroatoms. The van der Waals surface area contributed by atoms with Crippen molar-refractivity contribution in [3.8, 4) is 0 Å². The highest BCUT2D eigenvalue weighted by Crippen LogP contribution is 2.48. The molecule has 28 heavy (non-hydrogen) atoms. The number of nitrogens with one attached hydrogen (secondary N) is 2. The number of fused-ring (bicyclic) bond motifs is 2. The zero-order valence-electron chi connectivity index (χ0n) is 17.2. The van der Waals surface area contributed by atoms with E-state index >= 15 is 0 Å². The Kier molecular flexibility index (Phi) is 9.26. The van der Waals surface area contributed by atoms with Gasteiger partial charge in [0.1, 0.15) is 0 Å². The number of rotatable bonds is 9. The number of hydrogen-bond donors (Lipinski definition) is 2. The van der Waals surface area contributed by atoms with E-state index in [1.54, 1.807) is 6.07 Å². The number of carbonyl (C=O) groups excluding carboxylic acids is 1. The van der Waals surface area contributed by atoms with Gasteiger partial charge in [-0.15, -0.1) is 0 Å². The zero-order valence-corrected chi connectivity index (χ0v) is 18.0. The van der Waals surface area contributed by atoms with Crippen LogP contribution in [0.25, 0.3) is 0 Å². The van der Waals surface area contributed by atoms with Crippen LogP contribution in [0.2, 0.25) is 5.02 Å². The van der Waals surface area contributed by atoms with E-state index in [9.17, 15) is 4.79 Å². The smallest absolute Gasteiger partial charge is 0.252 e. The van der Waals surface area contributed by atoms with E-state index in [1.165, 1.54) is 44.9 Å². The molecule has 2 aliphatic carbocycles. The average molecular weight is 407 g/mol. The molecule has 2 bridgehead atoms. The second kappa shape index (κ2) is 11.2. The highest BCUT2D eigenvalue weighted by Gasteiger charge is 2.39. The van der Waals surface area contributed by atoms with Crippen molar-refractivity contribution in [3.63, 3.8) is 0 Å². The largest absolute Gasteiger partial charge is 0.377 e. The first-order chi connectivity index (χ1) is 13.1. The van der Waals surface area contributed by atoms with Crippen molar-refractivity contribution >= 4 is 17.5 Å². The summed E-state index contributed by atoms with van der Waals surface area (Å²) in [6, 6.07) is 5.61. The Bertz CT molecular complexity index is 625. The number of benzene rings is 1. The van der Waals surface area contributed by atoms with Gasteiger partial charge in [0.05, 0.1) is 17.2 Å². The summed E-state index contributed by atoms with van der Waals surface area (Å²) < 4.78 is 5.69. The summed E-state index contributed by atoms with van der Waals surface area (Å²) in [5, 5.41) is 6.81. The fourth-order valence-electron chi connectivity index (χ4n) is 4.81. The molecule has 2 fully saturated rings. The third-order valence-corrected chi connectivity index (χ3v) is 6.57. The third kappa shape index (κ3) is 6.20. The molecular weight excluding hydrogens is 372 g/mol. The molecule has 156 valence electrons. The molecule has 0 atom stereocenters. The van der Waals surface area contributed by atoms with Crippen LogP contribution in [0.3, 0.4) is 0 Å². The number of ether oxygens (including phenoxy) is 1. The molecule has 0 unspecified atom stereocenters. The second-order valence-corrected chi connectivity index (χ2v) is 8.77. The van der Waals surface area contributed by atoms with Crippen LogP contribution in [-0.4, -0.2) is 32.7 Å². The SMILES string of the molecule is CNCCCOCc1ccc(Cl)c(C(=O)NCC23CCCC(CCC2)C3)c1.[CH2]. The van der Waals surface area contributed by atoms with Gasteiger partial charge in [0, 0.05) is 13.2 Å². The maximum Gasteiger partial charge on any atom is 0.252 e. The predicted molar refractivity (Wildman–Crippen MR) is 116 cm³/mol. The van der Waals surface area contributed by atoms with Crippen LogP contribution < -0.4 is 10.6 Å². The van der Waals surface area contributed by atoms with Gasteiger partial charge in [0.2, 0.25) is 0 Å². The first kappa shape index (κ1) is 23.2. The summed E-state index contributed by atoms with van der Waals surface area (Å²) in [5.41, 5.74) is 1.87. The highest BCUT2D eigenvalue weighted by atomic mass is 35.5. The molecule has 0 aliphatic heterocycles. The Hall–Kier alpha value is -1.10. The van der Waals surface area contributed by atoms with Crippen molar-refractivity contribution in [1.82, 2.24) is 10.6 Å². The van der Waals surface area contributed by atoms with Crippen molar-refractivity contribution in [2.75, 3.05) is 26.7 Å². The number of halogens is 1. The van der Waals surface area contributed by atoms with Crippen LogP contribution in [0.1, 0.15) is 67.3 Å². The van der Waals surface area contributed by atoms with Gasteiger partial charge < -0.3 is 15.4 Å². The van der Waals surface area contributed by atoms with Crippen LogP contribution in [0.4, 0.5) is 0 Å². The van der Waals surface area contributed by atoms with E-state index < -0.39 is 0 Å². The van der Waals surface area contributed by atoms with Gasteiger partial charge in [0.15, 0.2) is 0 Å². The van der Waals surface area contributed by atoms with Crippen LogP contribution in [0.5, 0.6) is 0 Å². The van der Waals surface area contributed by atoms with Gasteiger partial charge in [-0.3, -0.25) is 4.79 Å². The maximum absolute atomic E-state index is 12.8. The lowest BCUT2D eigenvalue weighted by Gasteiger charge is -2.45. The molecule has 2 aliphatic rings. The van der Waals surface area contributed by atoms with Gasteiger partial charge in [-0.1, -0.05) is 50.8 Å². The summed E-state index contributed by atoms with van der Waals surface area (Å²) in [5.74, 6) is 0.815. The fourth-order valence-corrected chi connectivity index (χ4v) is 5.01. The number of hydrogen-bond acceptors (Lipinski definition) is 3. The molecule has 0 aromatic heterocycles. The van der Waals surface area contributed by atoms with Crippen LogP contribution in [-0.2, 0) is 11.3 Å². The van der Waals surface area contributed by atoms with Crippen LogP contribution >= 0.6 is 11.6 Å². The van der Waals surface area contributed by atoms with E-state index in [4.69, 9.17) is 16.3 Å². The van der Waals surface area contributed by atoms with Crippen molar-refractivity contribution < 1.29 is 9.53 Å². The van der Waals surface area contributed by atoms with E-state index in [0.717, 1.165) is 31.0 Å².